The lowest BCUT2D eigenvalue weighted by atomic mass is 10.1. The number of para-hydroxylation sites is 1. The van der Waals surface area contributed by atoms with Crippen LogP contribution in [0.3, 0.4) is 0 Å². The monoisotopic (exact) mass is 234 g/mol. The van der Waals surface area contributed by atoms with Gasteiger partial charge < -0.3 is 9.84 Å². The van der Waals surface area contributed by atoms with Crippen LogP contribution in [0.1, 0.15) is 19.5 Å². The van der Waals surface area contributed by atoms with Gasteiger partial charge in [0, 0.05) is 5.39 Å². The molecule has 5 heteroatoms. The van der Waals surface area contributed by atoms with Crippen LogP contribution in [0.5, 0.6) is 0 Å². The van der Waals surface area contributed by atoms with Gasteiger partial charge in [0.15, 0.2) is 5.60 Å². The standard InChI is InChI=1S/C12H14N2O3/c1-12(2,11(15)16)17-7-10-8-5-3-4-6-9(8)13-14-10/h3-6H,7H2,1-2H3,(H,13,14)(H,15,16). The molecule has 0 aliphatic rings. The van der Waals surface area contributed by atoms with Gasteiger partial charge in [0.05, 0.1) is 17.8 Å². The number of hydrogen-bond donors (Lipinski definition) is 2. The molecule has 1 aromatic heterocycles. The molecule has 1 heterocycles. The molecule has 90 valence electrons. The van der Waals surface area contributed by atoms with Crippen LogP contribution in [0.4, 0.5) is 0 Å². The molecule has 0 radical (unpaired) electrons. The Morgan fingerprint density at radius 2 is 2.18 bits per heavy atom. The third-order valence-electron chi connectivity index (χ3n) is 2.63. The number of H-pyrrole nitrogens is 1. The molecule has 17 heavy (non-hydrogen) atoms. The van der Waals surface area contributed by atoms with Crippen LogP contribution in [0.25, 0.3) is 10.9 Å². The molecule has 0 fully saturated rings. The van der Waals surface area contributed by atoms with E-state index in [2.05, 4.69) is 10.2 Å². The van der Waals surface area contributed by atoms with Gasteiger partial charge in [-0.2, -0.15) is 5.10 Å². The summed E-state index contributed by atoms with van der Waals surface area (Å²) in [5.74, 6) is -0.985. The van der Waals surface area contributed by atoms with Crippen LogP contribution in [0.2, 0.25) is 0 Å². The molecule has 0 unspecified atom stereocenters. The van der Waals surface area contributed by atoms with Crippen LogP contribution < -0.4 is 0 Å². The number of carbonyl (C=O) groups is 1. The van der Waals surface area contributed by atoms with E-state index >= 15 is 0 Å². The Morgan fingerprint density at radius 1 is 1.47 bits per heavy atom. The second-order valence-electron chi connectivity index (χ2n) is 4.32. The van der Waals surface area contributed by atoms with E-state index < -0.39 is 11.6 Å². The Kier molecular flexibility index (Phi) is 2.85. The van der Waals surface area contributed by atoms with Crippen LogP contribution >= 0.6 is 0 Å². The average molecular weight is 234 g/mol. The Bertz CT molecular complexity index is 545. The van der Waals surface area contributed by atoms with Gasteiger partial charge in [-0.1, -0.05) is 18.2 Å². The number of fused-ring (bicyclic) bond motifs is 1. The van der Waals surface area contributed by atoms with Crippen molar-refractivity contribution >= 4 is 16.9 Å². The second kappa shape index (κ2) is 4.18. The number of aromatic nitrogens is 2. The fourth-order valence-corrected chi connectivity index (χ4v) is 1.44. The Labute approximate surface area is 98.4 Å². The van der Waals surface area contributed by atoms with E-state index in [1.165, 1.54) is 13.8 Å². The molecule has 0 saturated carbocycles. The average Bonchev–Trinajstić information content (AvgIpc) is 2.69. The van der Waals surface area contributed by atoms with Crippen LogP contribution in [-0.2, 0) is 16.1 Å². The molecular formula is C12H14N2O3. The number of nitrogens with one attached hydrogen (secondary N) is 1. The lowest BCUT2D eigenvalue weighted by Crippen LogP contribution is -2.34. The number of rotatable bonds is 4. The van der Waals surface area contributed by atoms with E-state index in [-0.39, 0.29) is 6.61 Å². The van der Waals surface area contributed by atoms with Crippen molar-refractivity contribution in [3.8, 4) is 0 Å². The zero-order chi connectivity index (χ0) is 12.5. The van der Waals surface area contributed by atoms with Crippen molar-refractivity contribution in [3.63, 3.8) is 0 Å². The first kappa shape index (κ1) is 11.6. The summed E-state index contributed by atoms with van der Waals surface area (Å²) in [6.45, 7) is 3.24. The van der Waals surface area contributed by atoms with Crippen molar-refractivity contribution in [2.45, 2.75) is 26.1 Å². The SMILES string of the molecule is CC(C)(OCc1[nH]nc2ccccc12)C(=O)O. The summed E-state index contributed by atoms with van der Waals surface area (Å²) in [7, 11) is 0. The van der Waals surface area contributed by atoms with Crippen LogP contribution in [0.15, 0.2) is 24.3 Å². The van der Waals surface area contributed by atoms with Gasteiger partial charge in [-0.05, 0) is 19.9 Å². The van der Waals surface area contributed by atoms with Gasteiger partial charge >= 0.3 is 5.97 Å². The number of hydrogen-bond acceptors (Lipinski definition) is 3. The normalized spacial score (nSPS) is 11.9. The third-order valence-corrected chi connectivity index (χ3v) is 2.63. The molecule has 0 spiro atoms. The van der Waals surface area contributed by atoms with Crippen molar-refractivity contribution in [1.29, 1.82) is 0 Å². The number of aromatic amines is 1. The van der Waals surface area contributed by atoms with Gasteiger partial charge in [-0.3, -0.25) is 5.10 Å². The quantitative estimate of drug-likeness (QED) is 0.847. The highest BCUT2D eigenvalue weighted by Crippen LogP contribution is 2.18. The minimum absolute atomic E-state index is 0.194. The fraction of sp³-hybridized carbons (Fsp3) is 0.333. The number of nitrogens with zero attached hydrogens (tertiary/aromatic N) is 1. The van der Waals surface area contributed by atoms with Gasteiger partial charge in [-0.15, -0.1) is 0 Å². The van der Waals surface area contributed by atoms with Gasteiger partial charge in [0.2, 0.25) is 0 Å². The highest BCUT2D eigenvalue weighted by atomic mass is 16.5. The lowest BCUT2D eigenvalue weighted by molar-refractivity contribution is -0.162. The largest absolute Gasteiger partial charge is 0.479 e. The zero-order valence-electron chi connectivity index (χ0n) is 9.73. The van der Waals surface area contributed by atoms with Crippen molar-refractivity contribution in [2.24, 2.45) is 0 Å². The van der Waals surface area contributed by atoms with E-state index in [1.807, 2.05) is 24.3 Å². The summed E-state index contributed by atoms with van der Waals surface area (Å²) < 4.78 is 5.37. The zero-order valence-corrected chi connectivity index (χ0v) is 9.73. The Hall–Kier alpha value is -1.88. The van der Waals surface area contributed by atoms with E-state index in [0.717, 1.165) is 16.6 Å². The molecule has 2 rings (SSSR count). The minimum atomic E-state index is -1.20. The highest BCUT2D eigenvalue weighted by Gasteiger charge is 2.28. The van der Waals surface area contributed by atoms with Crippen molar-refractivity contribution < 1.29 is 14.6 Å². The summed E-state index contributed by atoms with van der Waals surface area (Å²) in [5.41, 5.74) is 0.431. The molecule has 0 saturated heterocycles. The first-order valence-corrected chi connectivity index (χ1v) is 5.30. The lowest BCUT2D eigenvalue weighted by Gasteiger charge is -2.19. The number of ether oxygens (including phenoxy) is 1. The third kappa shape index (κ3) is 2.29. The topological polar surface area (TPSA) is 75.2 Å². The number of benzene rings is 1. The molecule has 0 amide bonds. The number of aliphatic carboxylic acids is 1. The summed E-state index contributed by atoms with van der Waals surface area (Å²) in [6.07, 6.45) is 0. The molecular weight excluding hydrogens is 220 g/mol. The molecule has 2 N–H and O–H groups in total. The van der Waals surface area contributed by atoms with Crippen molar-refractivity contribution in [2.75, 3.05) is 0 Å². The van der Waals surface area contributed by atoms with E-state index in [9.17, 15) is 4.79 Å². The summed E-state index contributed by atoms with van der Waals surface area (Å²) in [4.78, 5) is 10.9. The van der Waals surface area contributed by atoms with Gasteiger partial charge in [0.1, 0.15) is 0 Å². The Balaban J connectivity index is 2.17. The van der Waals surface area contributed by atoms with E-state index in [4.69, 9.17) is 9.84 Å². The number of carboxylic acids is 1. The summed E-state index contributed by atoms with van der Waals surface area (Å²) in [6, 6.07) is 7.61. The fourth-order valence-electron chi connectivity index (χ4n) is 1.44. The van der Waals surface area contributed by atoms with E-state index in [1.54, 1.807) is 0 Å². The predicted molar refractivity (Wildman–Crippen MR) is 62.6 cm³/mol. The smallest absolute Gasteiger partial charge is 0.335 e. The molecule has 0 atom stereocenters. The first-order chi connectivity index (χ1) is 8.00. The maximum Gasteiger partial charge on any atom is 0.335 e. The van der Waals surface area contributed by atoms with Crippen LogP contribution in [-0.4, -0.2) is 26.9 Å². The molecule has 0 aliphatic heterocycles. The Morgan fingerprint density at radius 3 is 2.88 bits per heavy atom. The first-order valence-electron chi connectivity index (χ1n) is 5.30. The molecule has 0 bridgehead atoms. The molecule has 1 aromatic carbocycles. The second-order valence-corrected chi connectivity index (χ2v) is 4.32. The molecule has 2 aromatic rings. The maximum atomic E-state index is 10.9. The molecule has 5 nitrogen and oxygen atoms in total. The number of carboxylic acid groups (broad SMARTS) is 1. The predicted octanol–water partition coefficient (Wildman–Crippen LogP) is 1.94. The van der Waals surface area contributed by atoms with Crippen LogP contribution in [0, 0.1) is 0 Å². The molecule has 0 aliphatic carbocycles. The summed E-state index contributed by atoms with van der Waals surface area (Å²) in [5, 5.41) is 16.9. The van der Waals surface area contributed by atoms with Crippen molar-refractivity contribution in [3.05, 3.63) is 30.0 Å². The minimum Gasteiger partial charge on any atom is -0.479 e. The maximum absolute atomic E-state index is 10.9. The van der Waals surface area contributed by atoms with Gasteiger partial charge in [0.25, 0.3) is 0 Å². The summed E-state index contributed by atoms with van der Waals surface area (Å²) >= 11 is 0. The van der Waals surface area contributed by atoms with E-state index in [0.29, 0.717) is 0 Å². The van der Waals surface area contributed by atoms with Crippen molar-refractivity contribution in [1.82, 2.24) is 10.2 Å². The highest BCUT2D eigenvalue weighted by molar-refractivity contribution is 5.81. The van der Waals surface area contributed by atoms with Gasteiger partial charge in [-0.25, -0.2) is 4.79 Å².